The van der Waals surface area contributed by atoms with Gasteiger partial charge in [-0.1, -0.05) is 12.1 Å². The number of benzene rings is 2. The van der Waals surface area contributed by atoms with Crippen molar-refractivity contribution in [2.75, 3.05) is 23.4 Å². The topological polar surface area (TPSA) is 101 Å². The summed E-state index contributed by atoms with van der Waals surface area (Å²) >= 11 is 0. The SMILES string of the molecule is CC(NC(=O)CN(c1ccc(F)c(F)c1)S(C)(=O)=O)c1ccc(S(C)(=O)=O)cc1. The molecule has 2 aromatic carbocycles. The Hall–Kier alpha value is -2.53. The van der Waals surface area contributed by atoms with Crippen molar-refractivity contribution < 1.29 is 30.4 Å². The number of carbonyl (C=O) groups excluding carboxylic acids is 1. The van der Waals surface area contributed by atoms with E-state index in [-0.39, 0.29) is 10.6 Å². The molecular weight excluding hydrogens is 426 g/mol. The van der Waals surface area contributed by atoms with Crippen molar-refractivity contribution in [3.63, 3.8) is 0 Å². The zero-order valence-electron chi connectivity index (χ0n) is 15.9. The molecule has 11 heteroatoms. The summed E-state index contributed by atoms with van der Waals surface area (Å²) < 4.78 is 74.3. The summed E-state index contributed by atoms with van der Waals surface area (Å²) in [5.74, 6) is -3.06. The van der Waals surface area contributed by atoms with Crippen molar-refractivity contribution in [1.29, 1.82) is 0 Å². The van der Waals surface area contributed by atoms with E-state index in [1.54, 1.807) is 6.92 Å². The molecule has 2 aromatic rings. The van der Waals surface area contributed by atoms with E-state index in [4.69, 9.17) is 0 Å². The van der Waals surface area contributed by atoms with E-state index in [1.165, 1.54) is 24.3 Å². The summed E-state index contributed by atoms with van der Waals surface area (Å²) in [7, 11) is -7.30. The molecule has 0 radical (unpaired) electrons. The summed E-state index contributed by atoms with van der Waals surface area (Å²) in [6, 6.07) is 7.83. The molecule has 1 unspecified atom stereocenters. The lowest BCUT2D eigenvalue weighted by Gasteiger charge is -2.23. The second-order valence-corrected chi connectivity index (χ2v) is 10.4. The van der Waals surface area contributed by atoms with Crippen LogP contribution in [-0.2, 0) is 24.7 Å². The first-order chi connectivity index (χ1) is 13.3. The van der Waals surface area contributed by atoms with Gasteiger partial charge in [-0.3, -0.25) is 9.10 Å². The van der Waals surface area contributed by atoms with E-state index in [0.717, 1.165) is 24.6 Å². The number of nitrogens with zero attached hydrogens (tertiary/aromatic N) is 1. The van der Waals surface area contributed by atoms with Gasteiger partial charge in [-0.25, -0.2) is 25.6 Å². The predicted molar refractivity (Wildman–Crippen MR) is 105 cm³/mol. The van der Waals surface area contributed by atoms with Crippen LogP contribution in [0.2, 0.25) is 0 Å². The molecule has 2 rings (SSSR count). The molecule has 0 saturated heterocycles. The van der Waals surface area contributed by atoms with E-state index in [0.29, 0.717) is 15.9 Å². The van der Waals surface area contributed by atoms with Gasteiger partial charge in [0.1, 0.15) is 6.54 Å². The Bertz CT molecular complexity index is 1120. The lowest BCUT2D eigenvalue weighted by atomic mass is 10.1. The van der Waals surface area contributed by atoms with Gasteiger partial charge in [-0.05, 0) is 36.8 Å². The highest BCUT2D eigenvalue weighted by Gasteiger charge is 2.23. The van der Waals surface area contributed by atoms with Gasteiger partial charge in [-0.15, -0.1) is 0 Å². The molecule has 0 heterocycles. The molecule has 0 aromatic heterocycles. The van der Waals surface area contributed by atoms with Gasteiger partial charge in [0, 0.05) is 12.3 Å². The monoisotopic (exact) mass is 446 g/mol. The Balaban J connectivity index is 2.16. The second kappa shape index (κ2) is 8.46. The van der Waals surface area contributed by atoms with Gasteiger partial charge in [-0.2, -0.15) is 0 Å². The molecule has 0 fully saturated rings. The fourth-order valence-corrected chi connectivity index (χ4v) is 4.02. The fraction of sp³-hybridized carbons (Fsp3) is 0.278. The minimum absolute atomic E-state index is 0.126. The van der Waals surface area contributed by atoms with Crippen molar-refractivity contribution in [2.24, 2.45) is 0 Å². The van der Waals surface area contributed by atoms with E-state index in [2.05, 4.69) is 5.32 Å². The minimum atomic E-state index is -3.95. The molecule has 0 spiro atoms. The Labute approximate surface area is 168 Å². The smallest absolute Gasteiger partial charge is 0.241 e. The predicted octanol–water partition coefficient (Wildman–Crippen LogP) is 2.01. The number of sulfonamides is 1. The maximum absolute atomic E-state index is 13.5. The summed E-state index contributed by atoms with van der Waals surface area (Å²) in [6.45, 7) is 0.991. The van der Waals surface area contributed by atoms with Gasteiger partial charge >= 0.3 is 0 Å². The Morgan fingerprint density at radius 3 is 2.07 bits per heavy atom. The Morgan fingerprint density at radius 2 is 1.59 bits per heavy atom. The number of nitrogens with one attached hydrogen (secondary N) is 1. The first-order valence-electron chi connectivity index (χ1n) is 8.31. The van der Waals surface area contributed by atoms with E-state index in [1.807, 2.05) is 0 Å². The second-order valence-electron chi connectivity index (χ2n) is 6.50. The average Bonchev–Trinajstić information content (AvgIpc) is 2.60. The Kier molecular flexibility index (Phi) is 6.63. The largest absolute Gasteiger partial charge is 0.348 e. The minimum Gasteiger partial charge on any atom is -0.348 e. The number of anilines is 1. The summed E-state index contributed by atoms with van der Waals surface area (Å²) in [5.41, 5.74) is 0.413. The first kappa shape index (κ1) is 22.8. The fourth-order valence-electron chi connectivity index (χ4n) is 2.54. The average molecular weight is 446 g/mol. The number of sulfone groups is 1. The van der Waals surface area contributed by atoms with E-state index < -0.39 is 50.0 Å². The van der Waals surface area contributed by atoms with Crippen molar-refractivity contribution in [3.8, 4) is 0 Å². The molecule has 1 amide bonds. The standard InChI is InChI=1S/C18H20F2N2O5S2/c1-12(13-4-7-15(8-5-13)28(2,24)25)21-18(23)11-22(29(3,26)27)14-6-9-16(19)17(20)10-14/h4-10,12H,11H2,1-3H3,(H,21,23). The normalized spacial score (nSPS) is 13.0. The zero-order chi connectivity index (χ0) is 22.0. The number of hydrogen-bond donors (Lipinski definition) is 1. The van der Waals surface area contributed by atoms with Crippen LogP contribution in [-0.4, -0.2) is 41.8 Å². The molecule has 29 heavy (non-hydrogen) atoms. The van der Waals surface area contributed by atoms with Crippen molar-refractivity contribution in [1.82, 2.24) is 5.32 Å². The van der Waals surface area contributed by atoms with E-state index in [9.17, 15) is 30.4 Å². The van der Waals surface area contributed by atoms with Crippen molar-refractivity contribution >= 4 is 31.5 Å². The molecule has 0 bridgehead atoms. The molecule has 7 nitrogen and oxygen atoms in total. The van der Waals surface area contributed by atoms with Crippen LogP contribution < -0.4 is 9.62 Å². The van der Waals surface area contributed by atoms with Crippen LogP contribution in [0.4, 0.5) is 14.5 Å². The number of amides is 1. The number of hydrogen-bond acceptors (Lipinski definition) is 5. The van der Waals surface area contributed by atoms with Crippen LogP contribution in [0, 0.1) is 11.6 Å². The maximum atomic E-state index is 13.5. The third-order valence-corrected chi connectivity index (χ3v) is 6.33. The number of rotatable bonds is 7. The summed E-state index contributed by atoms with van der Waals surface area (Å²) in [4.78, 5) is 12.5. The highest BCUT2D eigenvalue weighted by Crippen LogP contribution is 2.21. The van der Waals surface area contributed by atoms with Crippen molar-refractivity contribution in [3.05, 3.63) is 59.7 Å². The van der Waals surface area contributed by atoms with Crippen molar-refractivity contribution in [2.45, 2.75) is 17.9 Å². The van der Waals surface area contributed by atoms with Gasteiger partial charge in [0.15, 0.2) is 21.5 Å². The first-order valence-corrected chi connectivity index (χ1v) is 12.0. The quantitative estimate of drug-likeness (QED) is 0.701. The number of halogens is 2. The highest BCUT2D eigenvalue weighted by molar-refractivity contribution is 7.92. The molecule has 158 valence electrons. The van der Waals surface area contributed by atoms with Crippen LogP contribution in [0.1, 0.15) is 18.5 Å². The molecule has 0 aliphatic heterocycles. The van der Waals surface area contributed by atoms with E-state index >= 15 is 0 Å². The van der Waals surface area contributed by atoms with Crippen LogP contribution in [0.15, 0.2) is 47.4 Å². The van der Waals surface area contributed by atoms with Gasteiger partial charge in [0.05, 0.1) is 22.9 Å². The molecule has 1 N–H and O–H groups in total. The lowest BCUT2D eigenvalue weighted by Crippen LogP contribution is -2.41. The van der Waals surface area contributed by atoms with Gasteiger partial charge in [0.2, 0.25) is 15.9 Å². The third-order valence-electron chi connectivity index (χ3n) is 4.06. The highest BCUT2D eigenvalue weighted by atomic mass is 32.2. The molecule has 0 saturated carbocycles. The van der Waals surface area contributed by atoms with Crippen LogP contribution in [0.3, 0.4) is 0 Å². The summed E-state index contributed by atoms with van der Waals surface area (Å²) in [6.07, 6.45) is 1.92. The molecule has 1 atom stereocenters. The third kappa shape index (κ3) is 5.97. The lowest BCUT2D eigenvalue weighted by molar-refractivity contribution is -0.120. The molecular formula is C18H20F2N2O5S2. The Morgan fingerprint density at radius 1 is 1.00 bits per heavy atom. The van der Waals surface area contributed by atoms with Gasteiger partial charge in [0.25, 0.3) is 0 Å². The summed E-state index contributed by atoms with van der Waals surface area (Å²) in [5, 5.41) is 2.59. The molecule has 0 aliphatic carbocycles. The van der Waals surface area contributed by atoms with Crippen LogP contribution in [0.5, 0.6) is 0 Å². The molecule has 0 aliphatic rings. The number of carbonyl (C=O) groups is 1. The van der Waals surface area contributed by atoms with Crippen LogP contribution >= 0.6 is 0 Å². The van der Waals surface area contributed by atoms with Gasteiger partial charge < -0.3 is 5.32 Å². The zero-order valence-corrected chi connectivity index (χ0v) is 17.5. The van der Waals surface area contributed by atoms with Crippen LogP contribution in [0.25, 0.3) is 0 Å². The maximum Gasteiger partial charge on any atom is 0.241 e.